The van der Waals surface area contributed by atoms with Gasteiger partial charge in [0.2, 0.25) is 5.78 Å². The SMILES string of the molecule is [CH2]CCC(=O)C(=O)OCCCCC. The van der Waals surface area contributed by atoms with E-state index in [4.69, 9.17) is 4.74 Å². The Morgan fingerprint density at radius 3 is 2.54 bits per heavy atom. The summed E-state index contributed by atoms with van der Waals surface area (Å²) in [5.41, 5.74) is 0. The second kappa shape index (κ2) is 7.77. The zero-order valence-electron chi connectivity index (χ0n) is 8.17. The van der Waals surface area contributed by atoms with Gasteiger partial charge in [-0.3, -0.25) is 4.79 Å². The van der Waals surface area contributed by atoms with Gasteiger partial charge < -0.3 is 4.74 Å². The number of rotatable bonds is 7. The lowest BCUT2D eigenvalue weighted by atomic mass is 10.2. The van der Waals surface area contributed by atoms with Crippen molar-refractivity contribution in [1.82, 2.24) is 0 Å². The van der Waals surface area contributed by atoms with Crippen LogP contribution in [0.1, 0.15) is 39.0 Å². The summed E-state index contributed by atoms with van der Waals surface area (Å²) in [6.45, 7) is 5.91. The lowest BCUT2D eigenvalue weighted by Crippen LogP contribution is -2.17. The third-order valence-corrected chi connectivity index (χ3v) is 1.61. The minimum atomic E-state index is -0.709. The van der Waals surface area contributed by atoms with E-state index in [-0.39, 0.29) is 6.42 Å². The number of unbranched alkanes of at least 4 members (excludes halogenated alkanes) is 2. The maximum atomic E-state index is 10.9. The van der Waals surface area contributed by atoms with Gasteiger partial charge in [-0.25, -0.2) is 4.79 Å². The molecule has 0 bridgehead atoms. The maximum Gasteiger partial charge on any atom is 0.374 e. The van der Waals surface area contributed by atoms with E-state index in [0.29, 0.717) is 13.0 Å². The first kappa shape index (κ1) is 12.1. The smallest absolute Gasteiger partial charge is 0.374 e. The first-order valence-electron chi connectivity index (χ1n) is 4.71. The van der Waals surface area contributed by atoms with Crippen molar-refractivity contribution in [2.24, 2.45) is 0 Å². The molecule has 1 radical (unpaired) electrons. The van der Waals surface area contributed by atoms with Crippen LogP contribution in [0.5, 0.6) is 0 Å². The first-order valence-corrected chi connectivity index (χ1v) is 4.71. The number of carbonyl (C=O) groups is 2. The molecule has 0 aromatic rings. The highest BCUT2D eigenvalue weighted by Gasteiger charge is 2.12. The van der Waals surface area contributed by atoms with Crippen LogP contribution in [0.15, 0.2) is 0 Å². The predicted octanol–water partition coefficient (Wildman–Crippen LogP) is 1.90. The predicted molar refractivity (Wildman–Crippen MR) is 50.1 cm³/mol. The highest BCUT2D eigenvalue weighted by atomic mass is 16.5. The fourth-order valence-corrected chi connectivity index (χ4v) is 0.860. The van der Waals surface area contributed by atoms with Crippen LogP contribution in [-0.2, 0) is 14.3 Å². The average molecular weight is 185 g/mol. The van der Waals surface area contributed by atoms with E-state index < -0.39 is 11.8 Å². The molecule has 3 heteroatoms. The van der Waals surface area contributed by atoms with Crippen LogP contribution in [-0.4, -0.2) is 18.4 Å². The van der Waals surface area contributed by atoms with E-state index in [1.165, 1.54) is 0 Å². The van der Waals surface area contributed by atoms with Gasteiger partial charge in [0.15, 0.2) is 0 Å². The van der Waals surface area contributed by atoms with E-state index in [2.05, 4.69) is 13.8 Å². The number of hydrogen-bond acceptors (Lipinski definition) is 3. The third kappa shape index (κ3) is 6.31. The monoisotopic (exact) mass is 185 g/mol. The summed E-state index contributed by atoms with van der Waals surface area (Å²) in [6, 6.07) is 0. The molecule has 0 amide bonds. The zero-order valence-corrected chi connectivity index (χ0v) is 8.17. The van der Waals surface area contributed by atoms with Crippen LogP contribution >= 0.6 is 0 Å². The number of esters is 1. The molecule has 0 aliphatic carbocycles. The van der Waals surface area contributed by atoms with Gasteiger partial charge in [-0.05, 0) is 12.8 Å². The van der Waals surface area contributed by atoms with Gasteiger partial charge in [-0.1, -0.05) is 26.7 Å². The van der Waals surface area contributed by atoms with Crippen molar-refractivity contribution in [1.29, 1.82) is 0 Å². The molecule has 13 heavy (non-hydrogen) atoms. The normalized spacial score (nSPS) is 9.69. The van der Waals surface area contributed by atoms with E-state index in [1.807, 2.05) is 0 Å². The van der Waals surface area contributed by atoms with Crippen molar-refractivity contribution in [2.75, 3.05) is 6.61 Å². The molecular formula is C10H17O3. The summed E-state index contributed by atoms with van der Waals surface area (Å²) < 4.78 is 4.74. The van der Waals surface area contributed by atoms with Gasteiger partial charge in [0, 0.05) is 6.42 Å². The Morgan fingerprint density at radius 1 is 1.31 bits per heavy atom. The number of Topliss-reactive ketones (excluding diaryl/α,β-unsaturated/α-hetero) is 1. The Bertz CT molecular complexity index is 164. The largest absolute Gasteiger partial charge is 0.460 e. The molecule has 0 aromatic carbocycles. The standard InChI is InChI=1S/C10H17O3/c1-3-5-6-8-13-10(12)9(11)7-4-2/h2-8H2,1H3. The van der Waals surface area contributed by atoms with E-state index in [9.17, 15) is 9.59 Å². The highest BCUT2D eigenvalue weighted by molar-refractivity contribution is 6.33. The summed E-state index contributed by atoms with van der Waals surface area (Å²) in [7, 11) is 0. The van der Waals surface area contributed by atoms with Gasteiger partial charge in [0.05, 0.1) is 6.61 Å². The van der Waals surface area contributed by atoms with Crippen LogP contribution in [0.4, 0.5) is 0 Å². The topological polar surface area (TPSA) is 43.4 Å². The first-order chi connectivity index (χ1) is 6.22. The molecule has 0 aliphatic rings. The fraction of sp³-hybridized carbons (Fsp3) is 0.700. The molecule has 0 aliphatic heterocycles. The Balaban J connectivity index is 3.44. The molecule has 0 saturated carbocycles. The van der Waals surface area contributed by atoms with E-state index in [0.717, 1.165) is 19.3 Å². The minimum absolute atomic E-state index is 0.187. The average Bonchev–Trinajstić information content (AvgIpc) is 2.12. The van der Waals surface area contributed by atoms with Crippen molar-refractivity contribution >= 4 is 11.8 Å². The van der Waals surface area contributed by atoms with Gasteiger partial charge in [-0.15, -0.1) is 0 Å². The van der Waals surface area contributed by atoms with Crippen molar-refractivity contribution in [2.45, 2.75) is 39.0 Å². The number of hydrogen-bond donors (Lipinski definition) is 0. The van der Waals surface area contributed by atoms with Crippen molar-refractivity contribution in [3.8, 4) is 0 Å². The highest BCUT2D eigenvalue weighted by Crippen LogP contribution is 1.96. The fourth-order valence-electron chi connectivity index (χ4n) is 0.860. The van der Waals surface area contributed by atoms with Crippen LogP contribution in [0.3, 0.4) is 0 Å². The van der Waals surface area contributed by atoms with Crippen LogP contribution in [0.25, 0.3) is 0 Å². The summed E-state index contributed by atoms with van der Waals surface area (Å²) >= 11 is 0. The summed E-state index contributed by atoms with van der Waals surface area (Å²) in [5, 5.41) is 0. The molecule has 0 aromatic heterocycles. The molecule has 0 unspecified atom stereocenters. The minimum Gasteiger partial charge on any atom is -0.460 e. The number of ether oxygens (including phenoxy) is 1. The van der Waals surface area contributed by atoms with Gasteiger partial charge in [0.1, 0.15) is 0 Å². The molecular weight excluding hydrogens is 168 g/mol. The lowest BCUT2D eigenvalue weighted by Gasteiger charge is -2.01. The molecule has 75 valence electrons. The van der Waals surface area contributed by atoms with Crippen LogP contribution in [0, 0.1) is 6.92 Å². The Labute approximate surface area is 79.5 Å². The number of ketones is 1. The zero-order chi connectivity index (χ0) is 10.1. The third-order valence-electron chi connectivity index (χ3n) is 1.61. The summed E-state index contributed by atoms with van der Waals surface area (Å²) in [4.78, 5) is 21.8. The second-order valence-electron chi connectivity index (χ2n) is 2.87. The maximum absolute atomic E-state index is 10.9. The van der Waals surface area contributed by atoms with E-state index >= 15 is 0 Å². The molecule has 0 spiro atoms. The quantitative estimate of drug-likeness (QED) is 0.345. The van der Waals surface area contributed by atoms with Crippen molar-refractivity contribution < 1.29 is 14.3 Å². The second-order valence-corrected chi connectivity index (χ2v) is 2.87. The number of carbonyl (C=O) groups excluding carboxylic acids is 2. The molecule has 0 saturated heterocycles. The Hall–Kier alpha value is -0.860. The van der Waals surface area contributed by atoms with Gasteiger partial charge in [0.25, 0.3) is 0 Å². The van der Waals surface area contributed by atoms with Crippen molar-refractivity contribution in [3.05, 3.63) is 6.92 Å². The van der Waals surface area contributed by atoms with Crippen LogP contribution < -0.4 is 0 Å². The molecule has 0 fully saturated rings. The van der Waals surface area contributed by atoms with Crippen molar-refractivity contribution in [3.63, 3.8) is 0 Å². The molecule has 0 atom stereocenters. The van der Waals surface area contributed by atoms with Crippen LogP contribution in [0.2, 0.25) is 0 Å². The summed E-state index contributed by atoms with van der Waals surface area (Å²) in [5.74, 6) is -1.17. The van der Waals surface area contributed by atoms with Gasteiger partial charge in [-0.2, -0.15) is 0 Å². The molecule has 3 nitrogen and oxygen atoms in total. The molecule has 0 N–H and O–H groups in total. The molecule has 0 heterocycles. The summed E-state index contributed by atoms with van der Waals surface area (Å²) in [6.07, 6.45) is 3.57. The Morgan fingerprint density at radius 2 is 2.00 bits per heavy atom. The van der Waals surface area contributed by atoms with Gasteiger partial charge >= 0.3 is 5.97 Å². The lowest BCUT2D eigenvalue weighted by molar-refractivity contribution is -0.153. The van der Waals surface area contributed by atoms with E-state index in [1.54, 1.807) is 0 Å². The molecule has 0 rings (SSSR count). The Kier molecular flexibility index (Phi) is 7.26.